The number of hydrogen-bond donors (Lipinski definition) is 2. The Morgan fingerprint density at radius 2 is 1.89 bits per heavy atom. The van der Waals surface area contributed by atoms with Crippen molar-refractivity contribution in [1.82, 2.24) is 10.2 Å². The van der Waals surface area contributed by atoms with Crippen molar-refractivity contribution in [3.05, 3.63) is 0 Å². The van der Waals surface area contributed by atoms with Crippen LogP contribution in [0.5, 0.6) is 0 Å². The molecule has 104 valence electrons. The minimum atomic E-state index is 0.191. The topological polar surface area (TPSA) is 41.3 Å². The molecule has 3 fully saturated rings. The molecule has 0 bridgehead atoms. The zero-order valence-electron chi connectivity index (χ0n) is 12.0. The first-order chi connectivity index (χ1) is 8.63. The molecule has 2 atom stereocenters. The van der Waals surface area contributed by atoms with E-state index in [9.17, 15) is 0 Å². The predicted octanol–water partition coefficient (Wildman–Crippen LogP) is 1.43. The Morgan fingerprint density at radius 1 is 1.28 bits per heavy atom. The van der Waals surface area contributed by atoms with Gasteiger partial charge in [0, 0.05) is 24.7 Å². The fourth-order valence-corrected chi connectivity index (χ4v) is 3.87. The third kappa shape index (κ3) is 2.59. The lowest BCUT2D eigenvalue weighted by atomic mass is 9.92. The van der Waals surface area contributed by atoms with E-state index in [-0.39, 0.29) is 5.54 Å². The van der Waals surface area contributed by atoms with Crippen molar-refractivity contribution >= 4 is 0 Å². The van der Waals surface area contributed by atoms with Crippen LogP contribution in [0.4, 0.5) is 0 Å². The molecule has 3 N–H and O–H groups in total. The first-order valence-electron chi connectivity index (χ1n) is 7.79. The van der Waals surface area contributed by atoms with Crippen molar-refractivity contribution in [2.45, 2.75) is 50.6 Å². The van der Waals surface area contributed by atoms with Crippen LogP contribution in [0, 0.1) is 17.8 Å². The van der Waals surface area contributed by atoms with Crippen LogP contribution in [0.2, 0.25) is 0 Å². The van der Waals surface area contributed by atoms with E-state index < -0.39 is 0 Å². The second kappa shape index (κ2) is 4.77. The molecule has 2 saturated carbocycles. The molecule has 0 aromatic rings. The number of hydrogen-bond acceptors (Lipinski definition) is 3. The number of rotatable bonds is 6. The summed E-state index contributed by atoms with van der Waals surface area (Å²) in [4.78, 5) is 2.45. The normalized spacial score (nSPS) is 37.7. The average molecular weight is 251 g/mol. The molecule has 0 amide bonds. The zero-order valence-corrected chi connectivity index (χ0v) is 12.0. The van der Waals surface area contributed by atoms with Gasteiger partial charge in [0.25, 0.3) is 0 Å². The van der Waals surface area contributed by atoms with Crippen LogP contribution in [-0.4, -0.2) is 43.2 Å². The van der Waals surface area contributed by atoms with Gasteiger partial charge in [0.2, 0.25) is 0 Å². The van der Waals surface area contributed by atoms with E-state index >= 15 is 0 Å². The molecule has 1 aliphatic heterocycles. The molecular formula is C15H29N3. The van der Waals surface area contributed by atoms with Gasteiger partial charge in [0.05, 0.1) is 0 Å². The summed E-state index contributed by atoms with van der Waals surface area (Å²) in [5.74, 6) is 3.03. The van der Waals surface area contributed by atoms with Crippen molar-refractivity contribution < 1.29 is 0 Å². The minimum absolute atomic E-state index is 0.191. The van der Waals surface area contributed by atoms with E-state index in [1.54, 1.807) is 0 Å². The van der Waals surface area contributed by atoms with Crippen molar-refractivity contribution in [2.75, 3.05) is 26.7 Å². The summed E-state index contributed by atoms with van der Waals surface area (Å²) in [5, 5.41) is 3.88. The van der Waals surface area contributed by atoms with Gasteiger partial charge in [-0.2, -0.15) is 0 Å². The van der Waals surface area contributed by atoms with E-state index in [4.69, 9.17) is 5.73 Å². The lowest BCUT2D eigenvalue weighted by Gasteiger charge is -2.31. The summed E-state index contributed by atoms with van der Waals surface area (Å²) in [7, 11) is 2.23. The molecule has 0 spiro atoms. The molecule has 0 aromatic heterocycles. The van der Waals surface area contributed by atoms with E-state index in [0.29, 0.717) is 6.04 Å². The first-order valence-corrected chi connectivity index (χ1v) is 7.79. The predicted molar refractivity (Wildman–Crippen MR) is 75.4 cm³/mol. The van der Waals surface area contributed by atoms with Crippen molar-refractivity contribution in [1.29, 1.82) is 0 Å². The lowest BCUT2D eigenvalue weighted by molar-refractivity contribution is 0.271. The van der Waals surface area contributed by atoms with Gasteiger partial charge in [-0.1, -0.05) is 0 Å². The molecule has 0 radical (unpaired) electrons. The molecule has 1 heterocycles. The van der Waals surface area contributed by atoms with E-state index in [2.05, 4.69) is 24.2 Å². The van der Waals surface area contributed by atoms with Gasteiger partial charge in [-0.25, -0.2) is 0 Å². The van der Waals surface area contributed by atoms with Crippen molar-refractivity contribution in [2.24, 2.45) is 23.5 Å². The maximum absolute atomic E-state index is 6.07. The smallest absolute Gasteiger partial charge is 0.0447 e. The van der Waals surface area contributed by atoms with Crippen LogP contribution >= 0.6 is 0 Å². The standard InChI is InChI=1S/C15H29N3/c1-11-7-15(9-16,10-18(11)2)17-8-14(12-3-4-12)13-5-6-13/h11-14,17H,3-10,16H2,1-2H3. The fraction of sp³-hybridized carbons (Fsp3) is 1.00. The highest BCUT2D eigenvalue weighted by Gasteiger charge is 2.44. The number of nitrogens with zero attached hydrogens (tertiary/aromatic N) is 1. The second-order valence-electron chi connectivity index (χ2n) is 7.17. The quantitative estimate of drug-likeness (QED) is 0.750. The van der Waals surface area contributed by atoms with Crippen molar-refractivity contribution in [3.8, 4) is 0 Å². The number of nitrogens with one attached hydrogen (secondary N) is 1. The molecule has 0 aromatic carbocycles. The Hall–Kier alpha value is -0.120. The van der Waals surface area contributed by atoms with Crippen LogP contribution in [0.25, 0.3) is 0 Å². The van der Waals surface area contributed by atoms with Gasteiger partial charge in [-0.05, 0) is 70.4 Å². The molecule has 3 aliphatic rings. The van der Waals surface area contributed by atoms with Gasteiger partial charge in [0.1, 0.15) is 0 Å². The Kier molecular flexibility index (Phi) is 3.41. The maximum Gasteiger partial charge on any atom is 0.0447 e. The van der Waals surface area contributed by atoms with Gasteiger partial charge < -0.3 is 16.0 Å². The highest BCUT2D eigenvalue weighted by molar-refractivity contribution is 5.02. The van der Waals surface area contributed by atoms with Gasteiger partial charge in [0.15, 0.2) is 0 Å². The summed E-state index contributed by atoms with van der Waals surface area (Å²) in [5.41, 5.74) is 6.26. The summed E-state index contributed by atoms with van der Waals surface area (Å²) in [6, 6.07) is 0.668. The van der Waals surface area contributed by atoms with Crippen molar-refractivity contribution in [3.63, 3.8) is 0 Å². The number of likely N-dealkylation sites (N-methyl/N-ethyl adjacent to an activating group) is 1. The summed E-state index contributed by atoms with van der Waals surface area (Å²) in [6.45, 7) is 5.43. The van der Waals surface area contributed by atoms with E-state index in [1.807, 2.05) is 0 Å². The van der Waals surface area contributed by atoms with E-state index in [1.165, 1.54) is 38.6 Å². The second-order valence-corrected chi connectivity index (χ2v) is 7.17. The molecule has 2 unspecified atom stereocenters. The Balaban J connectivity index is 1.56. The SMILES string of the molecule is CC1CC(CN)(NCC(C2CC2)C2CC2)CN1C. The zero-order chi connectivity index (χ0) is 12.8. The number of likely N-dealkylation sites (tertiary alicyclic amines) is 1. The molecule has 18 heavy (non-hydrogen) atoms. The molecular weight excluding hydrogens is 222 g/mol. The highest BCUT2D eigenvalue weighted by atomic mass is 15.2. The largest absolute Gasteiger partial charge is 0.329 e. The van der Waals surface area contributed by atoms with Crippen LogP contribution in [0.1, 0.15) is 39.0 Å². The van der Waals surface area contributed by atoms with E-state index in [0.717, 1.165) is 30.8 Å². The summed E-state index contributed by atoms with van der Waals surface area (Å²) >= 11 is 0. The molecule has 2 aliphatic carbocycles. The third-order valence-corrected chi connectivity index (χ3v) is 5.55. The fourth-order valence-electron chi connectivity index (χ4n) is 3.87. The Labute approximate surface area is 111 Å². The number of nitrogens with two attached hydrogens (primary N) is 1. The van der Waals surface area contributed by atoms with Crippen LogP contribution in [0.3, 0.4) is 0 Å². The lowest BCUT2D eigenvalue weighted by Crippen LogP contribution is -2.54. The molecule has 3 nitrogen and oxygen atoms in total. The minimum Gasteiger partial charge on any atom is -0.329 e. The molecule has 3 heteroatoms. The monoisotopic (exact) mass is 251 g/mol. The average Bonchev–Trinajstić information content (AvgIpc) is 3.22. The first kappa shape index (κ1) is 12.9. The van der Waals surface area contributed by atoms with Crippen LogP contribution < -0.4 is 11.1 Å². The summed E-state index contributed by atoms with van der Waals surface area (Å²) < 4.78 is 0. The van der Waals surface area contributed by atoms with Gasteiger partial charge in [-0.3, -0.25) is 0 Å². The van der Waals surface area contributed by atoms with Crippen LogP contribution in [-0.2, 0) is 0 Å². The third-order valence-electron chi connectivity index (χ3n) is 5.55. The van der Waals surface area contributed by atoms with Gasteiger partial charge >= 0.3 is 0 Å². The molecule has 3 rings (SSSR count). The van der Waals surface area contributed by atoms with Crippen LogP contribution in [0.15, 0.2) is 0 Å². The molecule has 1 saturated heterocycles. The Morgan fingerprint density at radius 3 is 2.28 bits per heavy atom. The Bertz CT molecular complexity index is 274. The highest BCUT2D eigenvalue weighted by Crippen LogP contribution is 2.49. The summed E-state index contributed by atoms with van der Waals surface area (Å²) in [6.07, 6.45) is 7.13. The maximum atomic E-state index is 6.07. The van der Waals surface area contributed by atoms with Gasteiger partial charge in [-0.15, -0.1) is 0 Å².